The van der Waals surface area contributed by atoms with E-state index in [9.17, 15) is 0 Å². The van der Waals surface area contributed by atoms with Gasteiger partial charge in [0.15, 0.2) is 0 Å². The summed E-state index contributed by atoms with van der Waals surface area (Å²) in [6.07, 6.45) is 0. The number of hydrogen-bond acceptors (Lipinski definition) is 2. The lowest BCUT2D eigenvalue weighted by atomic mass is 10.0. The number of hydrogen-bond donors (Lipinski definition) is 0. The Morgan fingerprint density at radius 3 is 1.04 bits per heavy atom. The number of rotatable bonds is 9. The highest BCUT2D eigenvalue weighted by Gasteiger charge is 2.19. The molecule has 0 N–H and O–H groups in total. The summed E-state index contributed by atoms with van der Waals surface area (Å²) in [5.41, 5.74) is 14.2. The fourth-order valence-electron chi connectivity index (χ4n) is 8.70. The van der Waals surface area contributed by atoms with Gasteiger partial charge >= 0.3 is 0 Å². The summed E-state index contributed by atoms with van der Waals surface area (Å²) in [6, 6.07) is 70.5. The van der Waals surface area contributed by atoms with Crippen molar-refractivity contribution in [3.8, 4) is 11.1 Å². The van der Waals surface area contributed by atoms with Gasteiger partial charge in [0.1, 0.15) is 0 Å². The molecule has 0 atom stereocenters. The Balaban J connectivity index is 1.07. The zero-order valence-electron chi connectivity index (χ0n) is 31.7. The van der Waals surface area contributed by atoms with Crippen molar-refractivity contribution in [3.05, 3.63) is 194 Å². The maximum atomic E-state index is 2.42. The molecule has 0 aliphatic rings. The second-order valence-electron chi connectivity index (χ2n) is 14.4. The van der Waals surface area contributed by atoms with Crippen molar-refractivity contribution in [2.45, 2.75) is 26.9 Å². The van der Waals surface area contributed by atoms with Crippen LogP contribution in [0.25, 0.3) is 54.7 Å². The number of aryl methyl sites for hydroxylation is 2. The number of fused-ring (bicyclic) bond motifs is 6. The minimum absolute atomic E-state index is 0.921. The van der Waals surface area contributed by atoms with E-state index in [0.717, 1.165) is 47.2 Å². The Labute approximate surface area is 327 Å². The Morgan fingerprint density at radius 1 is 0.304 bits per heavy atom. The lowest BCUT2D eigenvalue weighted by Crippen LogP contribution is -2.10. The molecule has 0 amide bonds. The molecule has 270 valence electrons. The molecule has 0 radical (unpaired) electrons. The largest absolute Gasteiger partial charge is 0.341 e. The standard InChI is InChI=1S/C52H42N4/c1-3-53-49-21-13-11-19-45(49)47-35-43(31-33-51(47)53)56(44-32-34-52-48(36-44)46-20-12-14-22-50(46)54(52)4-2)42-29-25-38(26-30-42)37-23-27-41(28-24-37)55(39-15-7-5-8-16-39)40-17-9-6-10-18-40/h5-36H,3-4H2,1-2H3. The number of aromatic nitrogens is 2. The molecule has 0 aliphatic carbocycles. The van der Waals surface area contributed by atoms with Gasteiger partial charge in [-0.3, -0.25) is 0 Å². The van der Waals surface area contributed by atoms with Crippen LogP contribution in [0.2, 0.25) is 0 Å². The number of anilines is 6. The van der Waals surface area contributed by atoms with E-state index in [2.05, 4.69) is 227 Å². The normalized spacial score (nSPS) is 11.5. The van der Waals surface area contributed by atoms with E-state index < -0.39 is 0 Å². The molecule has 4 nitrogen and oxygen atoms in total. The van der Waals surface area contributed by atoms with Crippen LogP contribution in [0.15, 0.2) is 194 Å². The van der Waals surface area contributed by atoms with Crippen molar-refractivity contribution in [1.82, 2.24) is 9.13 Å². The minimum atomic E-state index is 0.921. The second-order valence-corrected chi connectivity index (χ2v) is 14.4. The van der Waals surface area contributed by atoms with Crippen molar-refractivity contribution in [2.75, 3.05) is 9.80 Å². The van der Waals surface area contributed by atoms with Gasteiger partial charge in [-0.25, -0.2) is 0 Å². The van der Waals surface area contributed by atoms with Crippen molar-refractivity contribution in [2.24, 2.45) is 0 Å². The Kier molecular flexibility index (Phi) is 8.37. The van der Waals surface area contributed by atoms with E-state index in [1.807, 2.05) is 0 Å². The van der Waals surface area contributed by atoms with Gasteiger partial charge in [-0.15, -0.1) is 0 Å². The zero-order chi connectivity index (χ0) is 37.6. The van der Waals surface area contributed by atoms with Gasteiger partial charge in [-0.2, -0.15) is 0 Å². The predicted octanol–water partition coefficient (Wildman–Crippen LogP) is 14.5. The van der Waals surface area contributed by atoms with Gasteiger partial charge < -0.3 is 18.9 Å². The topological polar surface area (TPSA) is 16.3 Å². The maximum Gasteiger partial charge on any atom is 0.0492 e. The predicted molar refractivity (Wildman–Crippen MR) is 239 cm³/mol. The van der Waals surface area contributed by atoms with Gasteiger partial charge in [0.2, 0.25) is 0 Å². The molecule has 2 heterocycles. The molecule has 2 aromatic heterocycles. The lowest BCUT2D eigenvalue weighted by Gasteiger charge is -2.26. The molecule has 56 heavy (non-hydrogen) atoms. The van der Waals surface area contributed by atoms with Gasteiger partial charge in [0.25, 0.3) is 0 Å². The van der Waals surface area contributed by atoms with Crippen LogP contribution in [-0.2, 0) is 13.1 Å². The van der Waals surface area contributed by atoms with Crippen LogP contribution in [0.1, 0.15) is 13.8 Å². The molecule has 10 rings (SSSR count). The van der Waals surface area contributed by atoms with Gasteiger partial charge in [0, 0.05) is 90.8 Å². The lowest BCUT2D eigenvalue weighted by molar-refractivity contribution is 0.827. The van der Waals surface area contributed by atoms with E-state index >= 15 is 0 Å². The number of benzene rings is 8. The van der Waals surface area contributed by atoms with Crippen molar-refractivity contribution >= 4 is 77.7 Å². The van der Waals surface area contributed by atoms with E-state index in [4.69, 9.17) is 0 Å². The SMILES string of the molecule is CCn1c2ccccc2c2cc(N(c3ccc(-c4ccc(N(c5ccccc5)c5ccccc5)cc4)cc3)c3ccc4c(c3)c3ccccc3n4CC)ccc21. The molecule has 0 aliphatic heterocycles. The van der Waals surface area contributed by atoms with Crippen LogP contribution in [-0.4, -0.2) is 9.13 Å². The third-order valence-electron chi connectivity index (χ3n) is 11.3. The summed E-state index contributed by atoms with van der Waals surface area (Å²) in [4.78, 5) is 4.72. The van der Waals surface area contributed by atoms with Crippen molar-refractivity contribution < 1.29 is 0 Å². The first kappa shape index (κ1) is 33.5. The molecule has 8 aromatic carbocycles. The van der Waals surface area contributed by atoms with E-state index in [1.165, 1.54) is 54.7 Å². The summed E-state index contributed by atoms with van der Waals surface area (Å²) in [5.74, 6) is 0. The molecular formula is C52H42N4. The van der Waals surface area contributed by atoms with Gasteiger partial charge in [-0.1, -0.05) is 97.1 Å². The quantitative estimate of drug-likeness (QED) is 0.147. The summed E-state index contributed by atoms with van der Waals surface area (Å²) >= 11 is 0. The molecule has 0 spiro atoms. The third-order valence-corrected chi connectivity index (χ3v) is 11.3. The van der Waals surface area contributed by atoms with E-state index in [0.29, 0.717) is 0 Å². The van der Waals surface area contributed by atoms with E-state index in [1.54, 1.807) is 0 Å². The monoisotopic (exact) mass is 722 g/mol. The first-order valence-electron chi connectivity index (χ1n) is 19.6. The summed E-state index contributed by atoms with van der Waals surface area (Å²) < 4.78 is 4.84. The first-order chi connectivity index (χ1) is 27.7. The second kappa shape index (κ2) is 14.0. The minimum Gasteiger partial charge on any atom is -0.341 e. The molecule has 10 aromatic rings. The third kappa shape index (κ3) is 5.61. The van der Waals surface area contributed by atoms with Crippen LogP contribution in [0.4, 0.5) is 34.1 Å². The van der Waals surface area contributed by atoms with Crippen LogP contribution < -0.4 is 9.80 Å². The highest BCUT2D eigenvalue weighted by atomic mass is 15.1. The first-order valence-corrected chi connectivity index (χ1v) is 19.6. The molecule has 0 saturated carbocycles. The molecule has 0 unspecified atom stereocenters. The highest BCUT2D eigenvalue weighted by molar-refractivity contribution is 6.11. The summed E-state index contributed by atoms with van der Waals surface area (Å²) in [7, 11) is 0. The maximum absolute atomic E-state index is 2.42. The van der Waals surface area contributed by atoms with Gasteiger partial charge in [0.05, 0.1) is 0 Å². The van der Waals surface area contributed by atoms with E-state index in [-0.39, 0.29) is 0 Å². The Bertz CT molecular complexity index is 2810. The Morgan fingerprint density at radius 2 is 0.625 bits per heavy atom. The fourth-order valence-corrected chi connectivity index (χ4v) is 8.70. The molecule has 4 heteroatoms. The average molecular weight is 723 g/mol. The van der Waals surface area contributed by atoms with Crippen LogP contribution in [0, 0.1) is 0 Å². The van der Waals surface area contributed by atoms with Crippen LogP contribution in [0.5, 0.6) is 0 Å². The summed E-state index contributed by atoms with van der Waals surface area (Å²) in [6.45, 7) is 6.30. The average Bonchev–Trinajstić information content (AvgIpc) is 3.76. The van der Waals surface area contributed by atoms with Crippen LogP contribution in [0.3, 0.4) is 0 Å². The van der Waals surface area contributed by atoms with Crippen LogP contribution >= 0.6 is 0 Å². The number of para-hydroxylation sites is 4. The highest BCUT2D eigenvalue weighted by Crippen LogP contribution is 2.42. The molecule has 0 bridgehead atoms. The van der Waals surface area contributed by atoms with Crippen molar-refractivity contribution in [1.29, 1.82) is 0 Å². The smallest absolute Gasteiger partial charge is 0.0492 e. The number of nitrogens with zero attached hydrogens (tertiary/aromatic N) is 4. The molecule has 0 fully saturated rings. The Hall–Kier alpha value is -7.04. The summed E-state index contributed by atoms with van der Waals surface area (Å²) in [5, 5.41) is 5.10. The van der Waals surface area contributed by atoms with Gasteiger partial charge in [-0.05, 0) is 122 Å². The fraction of sp³-hybridized carbons (Fsp3) is 0.0769. The van der Waals surface area contributed by atoms with Crippen molar-refractivity contribution in [3.63, 3.8) is 0 Å². The zero-order valence-corrected chi connectivity index (χ0v) is 31.7. The molecular weight excluding hydrogens is 681 g/mol. The molecule has 0 saturated heterocycles.